The fraction of sp³-hybridized carbons (Fsp3) is 0.294. The van der Waals surface area contributed by atoms with Gasteiger partial charge in [0.2, 0.25) is 5.13 Å². The number of nitrogens with one attached hydrogen (secondary N) is 2. The Bertz CT molecular complexity index is 871. The van der Waals surface area contributed by atoms with Crippen LogP contribution in [0.3, 0.4) is 0 Å². The molecule has 0 spiro atoms. The van der Waals surface area contributed by atoms with Crippen molar-refractivity contribution in [3.05, 3.63) is 47.8 Å². The largest absolute Gasteiger partial charge is 0.331 e. The molecule has 0 saturated carbocycles. The topological polar surface area (TPSA) is 84.7 Å². The third-order valence-electron chi connectivity index (χ3n) is 3.86. The zero-order chi connectivity index (χ0) is 17.8. The third kappa shape index (κ3) is 4.03. The van der Waals surface area contributed by atoms with Gasteiger partial charge in [-0.15, -0.1) is 10.2 Å². The number of rotatable bonds is 5. The number of nitrogens with zero attached hydrogens (tertiary/aromatic N) is 4. The number of aromatic nitrogens is 4. The highest BCUT2D eigenvalue weighted by Crippen LogP contribution is 2.28. The lowest BCUT2D eigenvalue weighted by Crippen LogP contribution is -2.32. The van der Waals surface area contributed by atoms with Crippen molar-refractivity contribution in [2.24, 2.45) is 7.05 Å². The predicted octanol–water partition coefficient (Wildman–Crippen LogP) is 3.52. The normalized spacial score (nSPS) is 12.0. The Morgan fingerprint density at radius 1 is 1.32 bits per heavy atom. The zero-order valence-corrected chi connectivity index (χ0v) is 15.2. The number of carbonyl (C=O) groups excluding carboxylic acids is 1. The van der Waals surface area contributed by atoms with Crippen molar-refractivity contribution >= 4 is 22.5 Å². The second-order valence-corrected chi connectivity index (χ2v) is 6.71. The van der Waals surface area contributed by atoms with E-state index in [9.17, 15) is 4.79 Å². The molecule has 2 heterocycles. The number of aryl methyl sites for hydroxylation is 2. The summed E-state index contributed by atoms with van der Waals surface area (Å²) >= 11 is 1.35. The quantitative estimate of drug-likeness (QED) is 0.732. The van der Waals surface area contributed by atoms with Crippen LogP contribution >= 0.6 is 11.3 Å². The van der Waals surface area contributed by atoms with Gasteiger partial charge in [-0.2, -0.15) is 5.10 Å². The molecule has 25 heavy (non-hydrogen) atoms. The predicted molar refractivity (Wildman–Crippen MR) is 98.5 cm³/mol. The van der Waals surface area contributed by atoms with Crippen molar-refractivity contribution < 1.29 is 4.79 Å². The molecule has 3 rings (SSSR count). The Morgan fingerprint density at radius 2 is 2.12 bits per heavy atom. The molecular formula is C17H20N6OS. The van der Waals surface area contributed by atoms with Crippen molar-refractivity contribution in [3.8, 4) is 10.6 Å². The first-order valence-corrected chi connectivity index (χ1v) is 8.84. The molecular weight excluding hydrogens is 336 g/mol. The van der Waals surface area contributed by atoms with Gasteiger partial charge in [0.05, 0.1) is 12.2 Å². The highest BCUT2D eigenvalue weighted by molar-refractivity contribution is 7.18. The van der Waals surface area contributed by atoms with Gasteiger partial charge in [-0.1, -0.05) is 42.5 Å². The van der Waals surface area contributed by atoms with E-state index in [1.54, 1.807) is 10.9 Å². The minimum Gasteiger partial charge on any atom is -0.331 e. The van der Waals surface area contributed by atoms with E-state index < -0.39 is 0 Å². The Hall–Kier alpha value is -2.74. The van der Waals surface area contributed by atoms with Crippen LogP contribution in [-0.2, 0) is 7.05 Å². The smallest absolute Gasteiger partial charge is 0.321 e. The first kappa shape index (κ1) is 17.1. The number of hydrogen-bond acceptors (Lipinski definition) is 5. The molecule has 0 aliphatic heterocycles. The van der Waals surface area contributed by atoms with Crippen LogP contribution in [0.4, 0.5) is 9.93 Å². The number of amides is 2. The van der Waals surface area contributed by atoms with E-state index in [0.717, 1.165) is 28.1 Å². The molecule has 1 atom stereocenters. The molecule has 0 bridgehead atoms. The van der Waals surface area contributed by atoms with Gasteiger partial charge < -0.3 is 5.32 Å². The SMILES string of the molecule is CC[C@H](NC(=O)Nc1nnc(-c2ccccc2C)s1)c1cnn(C)c1. The van der Waals surface area contributed by atoms with Crippen molar-refractivity contribution in [2.75, 3.05) is 5.32 Å². The van der Waals surface area contributed by atoms with Crippen molar-refractivity contribution in [1.29, 1.82) is 0 Å². The lowest BCUT2D eigenvalue weighted by atomic mass is 10.1. The number of hydrogen-bond donors (Lipinski definition) is 2. The molecule has 8 heteroatoms. The summed E-state index contributed by atoms with van der Waals surface area (Å²) in [6, 6.07) is 7.56. The summed E-state index contributed by atoms with van der Waals surface area (Å²) in [5.41, 5.74) is 3.12. The molecule has 7 nitrogen and oxygen atoms in total. The first-order valence-electron chi connectivity index (χ1n) is 8.02. The van der Waals surface area contributed by atoms with Crippen LogP contribution in [0.5, 0.6) is 0 Å². The lowest BCUT2D eigenvalue weighted by Gasteiger charge is -2.15. The fourth-order valence-corrected chi connectivity index (χ4v) is 3.36. The molecule has 0 aliphatic rings. The first-order chi connectivity index (χ1) is 12.1. The van der Waals surface area contributed by atoms with Crippen LogP contribution < -0.4 is 10.6 Å². The van der Waals surface area contributed by atoms with Gasteiger partial charge in [0.1, 0.15) is 5.01 Å². The Morgan fingerprint density at radius 3 is 2.80 bits per heavy atom. The molecule has 0 radical (unpaired) electrons. The summed E-state index contributed by atoms with van der Waals surface area (Å²) in [7, 11) is 1.85. The van der Waals surface area contributed by atoms with E-state index in [2.05, 4.69) is 25.9 Å². The zero-order valence-electron chi connectivity index (χ0n) is 14.4. The lowest BCUT2D eigenvalue weighted by molar-refractivity contribution is 0.248. The second kappa shape index (κ2) is 7.43. The molecule has 0 saturated heterocycles. The molecule has 2 aromatic heterocycles. The Balaban J connectivity index is 1.66. The van der Waals surface area contributed by atoms with E-state index in [1.165, 1.54) is 11.3 Å². The minimum absolute atomic E-state index is 0.0996. The maximum Gasteiger partial charge on any atom is 0.321 e. The standard InChI is InChI=1S/C17H20N6OS/c1-4-14(12-9-18-23(3)10-12)19-16(24)20-17-22-21-15(25-17)13-8-6-5-7-11(13)2/h5-10,14H,4H2,1-3H3,(H2,19,20,22,24)/t14-/m0/s1. The molecule has 0 aliphatic carbocycles. The summed E-state index contributed by atoms with van der Waals surface area (Å²) in [6.07, 6.45) is 4.43. The van der Waals surface area contributed by atoms with Gasteiger partial charge in [0.15, 0.2) is 0 Å². The van der Waals surface area contributed by atoms with Crippen LogP contribution in [0.15, 0.2) is 36.7 Å². The van der Waals surface area contributed by atoms with E-state index in [0.29, 0.717) is 5.13 Å². The number of anilines is 1. The van der Waals surface area contributed by atoms with Gasteiger partial charge in [0.25, 0.3) is 0 Å². The Kier molecular flexibility index (Phi) is 5.08. The van der Waals surface area contributed by atoms with Gasteiger partial charge in [-0.25, -0.2) is 4.79 Å². The van der Waals surface area contributed by atoms with Crippen LogP contribution in [0.2, 0.25) is 0 Å². The summed E-state index contributed by atoms with van der Waals surface area (Å²) in [4.78, 5) is 12.3. The van der Waals surface area contributed by atoms with E-state index in [-0.39, 0.29) is 12.1 Å². The van der Waals surface area contributed by atoms with Crippen molar-refractivity contribution in [3.63, 3.8) is 0 Å². The van der Waals surface area contributed by atoms with Crippen LogP contribution in [-0.4, -0.2) is 26.0 Å². The molecule has 2 N–H and O–H groups in total. The highest BCUT2D eigenvalue weighted by atomic mass is 32.1. The van der Waals surface area contributed by atoms with Crippen LogP contribution in [0.25, 0.3) is 10.6 Å². The van der Waals surface area contributed by atoms with Crippen LogP contribution in [0, 0.1) is 6.92 Å². The molecule has 1 aromatic carbocycles. The molecule has 2 amide bonds. The average Bonchev–Trinajstić information content (AvgIpc) is 3.22. The molecule has 130 valence electrons. The van der Waals surface area contributed by atoms with Gasteiger partial charge in [-0.3, -0.25) is 10.00 Å². The van der Waals surface area contributed by atoms with Crippen LogP contribution in [0.1, 0.15) is 30.5 Å². The highest BCUT2D eigenvalue weighted by Gasteiger charge is 2.16. The summed E-state index contributed by atoms with van der Waals surface area (Å²) in [6.45, 7) is 4.04. The number of carbonyl (C=O) groups is 1. The van der Waals surface area contributed by atoms with Gasteiger partial charge in [-0.05, 0) is 18.9 Å². The molecule has 3 aromatic rings. The summed E-state index contributed by atoms with van der Waals surface area (Å²) in [5, 5.41) is 19.3. The fourth-order valence-electron chi connectivity index (χ4n) is 2.53. The summed E-state index contributed by atoms with van der Waals surface area (Å²) in [5.74, 6) is 0. The Labute approximate surface area is 150 Å². The second-order valence-electron chi connectivity index (χ2n) is 5.73. The number of benzene rings is 1. The van der Waals surface area contributed by atoms with Gasteiger partial charge >= 0.3 is 6.03 Å². The van der Waals surface area contributed by atoms with E-state index in [1.807, 2.05) is 51.4 Å². The third-order valence-corrected chi connectivity index (χ3v) is 4.73. The average molecular weight is 356 g/mol. The van der Waals surface area contributed by atoms with E-state index >= 15 is 0 Å². The summed E-state index contributed by atoms with van der Waals surface area (Å²) < 4.78 is 1.72. The van der Waals surface area contributed by atoms with Crippen molar-refractivity contribution in [1.82, 2.24) is 25.3 Å². The van der Waals surface area contributed by atoms with Crippen molar-refractivity contribution in [2.45, 2.75) is 26.3 Å². The van der Waals surface area contributed by atoms with Gasteiger partial charge in [0, 0.05) is 24.4 Å². The number of urea groups is 1. The van der Waals surface area contributed by atoms with E-state index in [4.69, 9.17) is 0 Å². The molecule has 0 unspecified atom stereocenters. The molecule has 0 fully saturated rings. The maximum atomic E-state index is 12.3. The monoisotopic (exact) mass is 356 g/mol. The maximum absolute atomic E-state index is 12.3. The minimum atomic E-state index is -0.303.